The number of quaternary nitrogens is 1. The van der Waals surface area contributed by atoms with Gasteiger partial charge in [0.15, 0.2) is 0 Å². The number of hydrogen-bond acceptors (Lipinski definition) is 3. The van der Waals surface area contributed by atoms with Crippen molar-refractivity contribution in [3.8, 4) is 0 Å². The van der Waals surface area contributed by atoms with E-state index in [1.165, 1.54) is 167 Å². The molecule has 2 unspecified atom stereocenters. The molecule has 0 aromatic rings. The number of aliphatic hydroxyl groups is 1. The van der Waals surface area contributed by atoms with E-state index in [-0.39, 0.29) is 18.9 Å². The van der Waals surface area contributed by atoms with E-state index in [4.69, 9.17) is 9.47 Å². The number of aliphatic hydroxyl groups excluding tert-OH is 1. The molecule has 1 N–H and O–H groups in total. The van der Waals surface area contributed by atoms with Gasteiger partial charge < -0.3 is 19.1 Å². The summed E-state index contributed by atoms with van der Waals surface area (Å²) in [5.74, 6) is 0. The second-order valence-corrected chi connectivity index (χ2v) is 15.6. The quantitative estimate of drug-likeness (QED) is 0.0301. The molecule has 0 rings (SSSR count). The molecule has 0 amide bonds. The van der Waals surface area contributed by atoms with E-state index in [0.29, 0.717) is 0 Å². The van der Waals surface area contributed by atoms with Gasteiger partial charge >= 0.3 is 0 Å². The first-order valence-corrected chi connectivity index (χ1v) is 22.0. The zero-order valence-corrected chi connectivity index (χ0v) is 34.2. The van der Waals surface area contributed by atoms with Gasteiger partial charge in [-0.2, -0.15) is 0 Å². The van der Waals surface area contributed by atoms with E-state index in [2.05, 4.69) is 59.2 Å². The van der Waals surface area contributed by atoms with Gasteiger partial charge in [-0.25, -0.2) is 0 Å². The van der Waals surface area contributed by atoms with E-state index in [9.17, 15) is 5.11 Å². The Morgan fingerprint density at radius 1 is 0.449 bits per heavy atom. The molecule has 0 aromatic heterocycles. The molecule has 292 valence electrons. The molecule has 0 aromatic carbocycles. The molecule has 2 atom stereocenters. The van der Waals surface area contributed by atoms with Crippen LogP contribution in [0.25, 0.3) is 0 Å². The van der Waals surface area contributed by atoms with Crippen molar-refractivity contribution in [3.05, 3.63) is 24.3 Å². The summed E-state index contributed by atoms with van der Waals surface area (Å²) in [5.41, 5.74) is 0. The van der Waals surface area contributed by atoms with Crippen LogP contribution in [-0.2, 0) is 9.47 Å². The van der Waals surface area contributed by atoms with Gasteiger partial charge in [0.05, 0.1) is 27.2 Å². The van der Waals surface area contributed by atoms with E-state index in [0.717, 1.165) is 49.9 Å². The summed E-state index contributed by atoms with van der Waals surface area (Å²) in [6, 6.07) is 0. The van der Waals surface area contributed by atoms with Crippen molar-refractivity contribution in [2.75, 3.05) is 40.5 Å². The SMILES string of the molecule is CCCCCCCC/C=C\CCCCCCCCOC(C)C(OCCCCCCCC/C=C\CCCCCCCC)[N+](C)(C)CCCCO. The third-order valence-electron chi connectivity index (χ3n) is 10.2. The molecule has 0 spiro atoms. The number of unbranched alkanes of at least 4 members (excludes halogenated alkanes) is 25. The highest BCUT2D eigenvalue weighted by molar-refractivity contribution is 4.82. The minimum atomic E-state index is 0.0379. The predicted molar refractivity (Wildman–Crippen MR) is 217 cm³/mol. The Balaban J connectivity index is 4.04. The van der Waals surface area contributed by atoms with Gasteiger partial charge in [0, 0.05) is 13.2 Å². The van der Waals surface area contributed by atoms with Gasteiger partial charge in [0.1, 0.15) is 6.10 Å². The van der Waals surface area contributed by atoms with Crippen molar-refractivity contribution in [2.45, 2.75) is 226 Å². The third kappa shape index (κ3) is 34.2. The Morgan fingerprint density at radius 2 is 0.796 bits per heavy atom. The van der Waals surface area contributed by atoms with Crippen LogP contribution < -0.4 is 0 Å². The monoisotopic (exact) mass is 693 g/mol. The smallest absolute Gasteiger partial charge is 0.219 e. The minimum Gasteiger partial charge on any atom is -0.396 e. The third-order valence-corrected chi connectivity index (χ3v) is 10.2. The fraction of sp³-hybridized carbons (Fsp3) is 0.911. The van der Waals surface area contributed by atoms with E-state index >= 15 is 0 Å². The summed E-state index contributed by atoms with van der Waals surface area (Å²) in [6.45, 7) is 9.69. The Labute approximate surface area is 308 Å². The van der Waals surface area contributed by atoms with Gasteiger partial charge in [-0.1, -0.05) is 154 Å². The maximum absolute atomic E-state index is 9.32. The van der Waals surface area contributed by atoms with Crippen LogP contribution in [0.5, 0.6) is 0 Å². The van der Waals surface area contributed by atoms with Crippen LogP contribution in [0.1, 0.15) is 213 Å². The van der Waals surface area contributed by atoms with Gasteiger partial charge in [0.25, 0.3) is 0 Å². The lowest BCUT2D eigenvalue weighted by atomic mass is 10.1. The maximum Gasteiger partial charge on any atom is 0.219 e. The highest BCUT2D eigenvalue weighted by Crippen LogP contribution is 2.19. The number of ether oxygens (including phenoxy) is 2. The van der Waals surface area contributed by atoms with Crippen LogP contribution in [0.2, 0.25) is 0 Å². The van der Waals surface area contributed by atoms with Crippen molar-refractivity contribution >= 4 is 0 Å². The molecule has 0 heterocycles. The summed E-state index contributed by atoms with van der Waals surface area (Å²) in [5, 5.41) is 9.32. The average molecular weight is 693 g/mol. The normalized spacial score (nSPS) is 13.7. The molecule has 0 radical (unpaired) electrons. The van der Waals surface area contributed by atoms with Crippen LogP contribution in [-0.4, -0.2) is 62.4 Å². The lowest BCUT2D eigenvalue weighted by molar-refractivity contribution is -0.941. The first-order valence-electron chi connectivity index (χ1n) is 22.0. The first kappa shape index (κ1) is 48.3. The van der Waals surface area contributed by atoms with Gasteiger partial charge in [0.2, 0.25) is 6.23 Å². The van der Waals surface area contributed by atoms with Crippen molar-refractivity contribution in [3.63, 3.8) is 0 Å². The van der Waals surface area contributed by atoms with Crippen molar-refractivity contribution in [2.24, 2.45) is 0 Å². The van der Waals surface area contributed by atoms with Crippen LogP contribution in [0.3, 0.4) is 0 Å². The molecule has 4 nitrogen and oxygen atoms in total. The molecule has 49 heavy (non-hydrogen) atoms. The lowest BCUT2D eigenvalue weighted by Gasteiger charge is -2.40. The fourth-order valence-electron chi connectivity index (χ4n) is 6.92. The average Bonchev–Trinajstić information content (AvgIpc) is 3.09. The molecule has 0 saturated carbocycles. The number of rotatable bonds is 40. The Morgan fingerprint density at radius 3 is 1.18 bits per heavy atom. The van der Waals surface area contributed by atoms with Crippen molar-refractivity contribution < 1.29 is 19.1 Å². The topological polar surface area (TPSA) is 38.7 Å². The van der Waals surface area contributed by atoms with Crippen LogP contribution in [0.15, 0.2) is 24.3 Å². The van der Waals surface area contributed by atoms with Crippen LogP contribution in [0.4, 0.5) is 0 Å². The molecular weight excluding hydrogens is 602 g/mol. The summed E-state index contributed by atoms with van der Waals surface area (Å²) in [7, 11) is 4.54. The maximum atomic E-state index is 9.32. The summed E-state index contributed by atoms with van der Waals surface area (Å²) < 4.78 is 13.8. The fourth-order valence-corrected chi connectivity index (χ4v) is 6.92. The highest BCUT2D eigenvalue weighted by atomic mass is 16.6. The second-order valence-electron chi connectivity index (χ2n) is 15.6. The largest absolute Gasteiger partial charge is 0.396 e. The number of likely N-dealkylation sites (N-methyl/N-ethyl adjacent to an activating group) is 1. The van der Waals surface area contributed by atoms with E-state index in [1.54, 1.807) is 0 Å². The Bertz CT molecular complexity index is 691. The van der Waals surface area contributed by atoms with Crippen molar-refractivity contribution in [1.29, 1.82) is 0 Å². The summed E-state index contributed by atoms with van der Waals surface area (Å²) >= 11 is 0. The predicted octanol–water partition coefficient (Wildman–Crippen LogP) is 13.7. The van der Waals surface area contributed by atoms with E-state index < -0.39 is 0 Å². The molecule has 0 bridgehead atoms. The van der Waals surface area contributed by atoms with Gasteiger partial charge in [-0.3, -0.25) is 0 Å². The molecule has 0 saturated heterocycles. The number of allylic oxidation sites excluding steroid dienone is 4. The highest BCUT2D eigenvalue weighted by Gasteiger charge is 2.34. The van der Waals surface area contributed by atoms with Crippen molar-refractivity contribution in [1.82, 2.24) is 0 Å². The zero-order valence-electron chi connectivity index (χ0n) is 34.2. The second kappa shape index (κ2) is 38.5. The van der Waals surface area contributed by atoms with Crippen LogP contribution in [0, 0.1) is 0 Å². The summed E-state index contributed by atoms with van der Waals surface area (Å²) in [4.78, 5) is 0. The molecule has 0 aliphatic carbocycles. The summed E-state index contributed by atoms with van der Waals surface area (Å²) in [6.07, 6.45) is 48.8. The minimum absolute atomic E-state index is 0.0379. The number of nitrogens with zero attached hydrogens (tertiary/aromatic N) is 1. The van der Waals surface area contributed by atoms with E-state index in [1.807, 2.05) is 0 Å². The lowest BCUT2D eigenvalue weighted by Crippen LogP contribution is -2.56. The number of hydrogen-bond donors (Lipinski definition) is 1. The Kier molecular flexibility index (Phi) is 38.0. The van der Waals surface area contributed by atoms with Gasteiger partial charge in [-0.15, -0.1) is 0 Å². The van der Waals surface area contributed by atoms with Gasteiger partial charge in [-0.05, 0) is 84.0 Å². The zero-order chi connectivity index (χ0) is 35.9. The molecule has 4 heteroatoms. The molecule has 0 aliphatic heterocycles. The first-order chi connectivity index (χ1) is 24.0. The standard InChI is InChI=1S/C45H90NO3/c1-6-8-10-12-14-16-18-20-22-24-26-28-30-32-34-38-42-48-44(3)45(46(4,5)40-36-37-41-47)49-43-39-35-33-31-29-27-25-23-21-19-17-15-13-11-9-7-2/h20-23,44-45,47H,6-19,24-43H2,1-5H3/q+1/b22-20-,23-21-. The van der Waals surface area contributed by atoms with Crippen LogP contribution >= 0.6 is 0 Å². The Hall–Kier alpha value is -0.680. The molecule has 0 fully saturated rings. The molecule has 0 aliphatic rings. The molecular formula is C45H90NO3+.